The van der Waals surface area contributed by atoms with Crippen LogP contribution in [0.1, 0.15) is 11.1 Å². The van der Waals surface area contributed by atoms with Crippen molar-refractivity contribution in [3.05, 3.63) is 34.2 Å². The molecule has 1 aliphatic rings. The number of carbonyl (C=O) groups is 1. The van der Waals surface area contributed by atoms with Gasteiger partial charge in [0.15, 0.2) is 6.10 Å². The highest BCUT2D eigenvalue weighted by Crippen LogP contribution is 2.38. The third-order valence-electron chi connectivity index (χ3n) is 2.74. The molecular formula is C11H7F3O5S. The lowest BCUT2D eigenvalue weighted by Crippen LogP contribution is -2.25. The summed E-state index contributed by atoms with van der Waals surface area (Å²) in [7, 11) is -4.44. The molecule has 0 amide bonds. The van der Waals surface area contributed by atoms with E-state index < -0.39 is 43.5 Å². The summed E-state index contributed by atoms with van der Waals surface area (Å²) in [6.45, 7) is 0. The molecule has 0 saturated carbocycles. The number of aliphatic carboxylic acids is 1. The maximum Gasteiger partial charge on any atom is 0.416 e. The minimum absolute atomic E-state index is 0.0895. The summed E-state index contributed by atoms with van der Waals surface area (Å²) in [5, 5.41) is 17.9. The van der Waals surface area contributed by atoms with Crippen LogP contribution in [-0.4, -0.2) is 30.7 Å². The molecule has 0 aliphatic carbocycles. The Morgan fingerprint density at radius 1 is 1.25 bits per heavy atom. The highest BCUT2D eigenvalue weighted by atomic mass is 32.2. The van der Waals surface area contributed by atoms with Crippen molar-refractivity contribution < 1.29 is 36.6 Å². The minimum Gasteiger partial charge on any atom is -0.479 e. The lowest BCUT2D eigenvalue weighted by molar-refractivity contribution is -0.144. The molecular weight excluding hydrogens is 301 g/mol. The van der Waals surface area contributed by atoms with Gasteiger partial charge < -0.3 is 10.2 Å². The SMILES string of the molecule is O=C(O)C(O)C1=Cc2ccc(C(F)(F)F)cc2S1(=O)=O. The van der Waals surface area contributed by atoms with Crippen molar-refractivity contribution in [2.24, 2.45) is 0 Å². The molecule has 2 N–H and O–H groups in total. The average Bonchev–Trinajstić information content (AvgIpc) is 2.58. The molecule has 0 saturated heterocycles. The molecule has 0 spiro atoms. The van der Waals surface area contributed by atoms with Gasteiger partial charge in [-0.15, -0.1) is 0 Å². The second-order valence-corrected chi connectivity index (χ2v) is 5.96. The fourth-order valence-corrected chi connectivity index (χ4v) is 3.42. The number of carboxylic acid groups (broad SMARTS) is 1. The van der Waals surface area contributed by atoms with Crippen LogP contribution in [0.25, 0.3) is 6.08 Å². The number of hydrogen-bond acceptors (Lipinski definition) is 4. The van der Waals surface area contributed by atoms with Gasteiger partial charge in [0.2, 0.25) is 9.84 Å². The van der Waals surface area contributed by atoms with Crippen LogP contribution in [0.15, 0.2) is 28.0 Å². The highest BCUT2D eigenvalue weighted by Gasteiger charge is 2.39. The van der Waals surface area contributed by atoms with Crippen LogP contribution >= 0.6 is 0 Å². The molecule has 1 heterocycles. The largest absolute Gasteiger partial charge is 0.479 e. The number of hydrogen-bond donors (Lipinski definition) is 2. The van der Waals surface area contributed by atoms with Gasteiger partial charge in [0.25, 0.3) is 0 Å². The predicted octanol–water partition coefficient (Wildman–Crippen LogP) is 1.28. The molecule has 9 heteroatoms. The summed E-state index contributed by atoms with van der Waals surface area (Å²) in [6.07, 6.45) is -6.19. The van der Waals surface area contributed by atoms with Crippen LogP contribution in [0.2, 0.25) is 0 Å². The monoisotopic (exact) mass is 308 g/mol. The van der Waals surface area contributed by atoms with Gasteiger partial charge in [-0.1, -0.05) is 6.07 Å². The van der Waals surface area contributed by atoms with Crippen LogP contribution in [-0.2, 0) is 20.8 Å². The first-order valence-corrected chi connectivity index (χ1v) is 6.62. The Hall–Kier alpha value is -1.87. The van der Waals surface area contributed by atoms with Gasteiger partial charge in [-0.3, -0.25) is 0 Å². The van der Waals surface area contributed by atoms with Crippen molar-refractivity contribution in [3.8, 4) is 0 Å². The Morgan fingerprint density at radius 3 is 2.35 bits per heavy atom. The van der Waals surface area contributed by atoms with Crippen molar-refractivity contribution in [3.63, 3.8) is 0 Å². The second kappa shape index (κ2) is 4.32. The van der Waals surface area contributed by atoms with E-state index in [1.165, 1.54) is 0 Å². The van der Waals surface area contributed by atoms with Gasteiger partial charge in [0.1, 0.15) is 0 Å². The first-order chi connectivity index (χ1) is 9.05. The lowest BCUT2D eigenvalue weighted by Gasteiger charge is -2.09. The number of fused-ring (bicyclic) bond motifs is 1. The second-order valence-electron chi connectivity index (χ2n) is 4.04. The van der Waals surface area contributed by atoms with E-state index in [0.29, 0.717) is 12.1 Å². The Balaban J connectivity index is 2.58. The molecule has 1 unspecified atom stereocenters. The summed E-state index contributed by atoms with van der Waals surface area (Å²) in [5.41, 5.74) is -1.26. The van der Waals surface area contributed by atoms with Crippen LogP contribution in [0, 0.1) is 0 Å². The van der Waals surface area contributed by atoms with E-state index in [0.717, 1.165) is 12.1 Å². The zero-order valence-corrected chi connectivity index (χ0v) is 10.4. The van der Waals surface area contributed by atoms with E-state index in [9.17, 15) is 31.5 Å². The number of benzene rings is 1. The number of rotatable bonds is 2. The van der Waals surface area contributed by atoms with Gasteiger partial charge in [-0.2, -0.15) is 13.2 Å². The molecule has 2 rings (SSSR count). The normalized spacial score (nSPS) is 18.3. The van der Waals surface area contributed by atoms with E-state index in [1.54, 1.807) is 0 Å². The van der Waals surface area contributed by atoms with Crippen LogP contribution in [0.3, 0.4) is 0 Å². The molecule has 1 aromatic carbocycles. The molecule has 5 nitrogen and oxygen atoms in total. The quantitative estimate of drug-likeness (QED) is 0.858. The fraction of sp³-hybridized carbons (Fsp3) is 0.182. The number of aliphatic hydroxyl groups is 1. The van der Waals surface area contributed by atoms with Gasteiger partial charge in [-0.25, -0.2) is 13.2 Å². The Bertz CT molecular complexity index is 718. The van der Waals surface area contributed by atoms with Gasteiger partial charge in [-0.05, 0) is 23.8 Å². The fourth-order valence-electron chi connectivity index (χ4n) is 1.77. The number of sulfone groups is 1. The number of alkyl halides is 3. The van der Waals surface area contributed by atoms with E-state index in [4.69, 9.17) is 5.11 Å². The van der Waals surface area contributed by atoms with E-state index in [1.807, 2.05) is 0 Å². The summed E-state index contributed by atoms with van der Waals surface area (Å²) in [6, 6.07) is 2.01. The van der Waals surface area contributed by atoms with E-state index in [2.05, 4.69) is 0 Å². The molecule has 108 valence electrons. The smallest absolute Gasteiger partial charge is 0.416 e. The first-order valence-electron chi connectivity index (χ1n) is 5.14. The molecule has 0 aromatic heterocycles. The summed E-state index contributed by atoms with van der Waals surface area (Å²) >= 11 is 0. The van der Waals surface area contributed by atoms with Gasteiger partial charge in [0, 0.05) is 0 Å². The first kappa shape index (κ1) is 14.5. The summed E-state index contributed by atoms with van der Waals surface area (Å²) < 4.78 is 61.5. The summed E-state index contributed by atoms with van der Waals surface area (Å²) in [4.78, 5) is 9.10. The van der Waals surface area contributed by atoms with Crippen LogP contribution < -0.4 is 0 Å². The molecule has 0 bridgehead atoms. The van der Waals surface area contributed by atoms with Crippen LogP contribution in [0.5, 0.6) is 0 Å². The Labute approximate surface area is 110 Å². The number of aliphatic hydroxyl groups excluding tert-OH is 1. The molecule has 1 atom stereocenters. The molecule has 1 aliphatic heterocycles. The molecule has 1 aromatic rings. The van der Waals surface area contributed by atoms with Gasteiger partial charge in [0.05, 0.1) is 15.4 Å². The third kappa shape index (κ3) is 2.18. The topological polar surface area (TPSA) is 91.7 Å². The maximum atomic E-state index is 12.5. The van der Waals surface area contributed by atoms with Crippen molar-refractivity contribution in [1.82, 2.24) is 0 Å². The summed E-state index contributed by atoms with van der Waals surface area (Å²) in [5.74, 6) is -1.80. The maximum absolute atomic E-state index is 12.5. The molecule has 0 fully saturated rings. The predicted molar refractivity (Wildman–Crippen MR) is 60.2 cm³/mol. The van der Waals surface area contributed by atoms with E-state index in [-0.39, 0.29) is 5.56 Å². The van der Waals surface area contributed by atoms with Crippen molar-refractivity contribution in [2.45, 2.75) is 17.2 Å². The standard InChI is InChI=1S/C11H7F3O5S/c12-11(13,14)6-2-1-5-3-8(9(15)10(16)17)20(18,19)7(5)4-6/h1-4,9,15H,(H,16,17). The highest BCUT2D eigenvalue weighted by molar-refractivity contribution is 7.96. The molecule has 0 radical (unpaired) electrons. The Morgan fingerprint density at radius 2 is 1.85 bits per heavy atom. The van der Waals surface area contributed by atoms with Crippen molar-refractivity contribution >= 4 is 21.9 Å². The third-order valence-corrected chi connectivity index (χ3v) is 4.64. The zero-order chi connectivity index (χ0) is 15.3. The lowest BCUT2D eigenvalue weighted by atomic mass is 10.1. The number of carboxylic acids is 1. The van der Waals surface area contributed by atoms with E-state index >= 15 is 0 Å². The minimum atomic E-state index is -4.72. The van der Waals surface area contributed by atoms with Crippen molar-refractivity contribution in [2.75, 3.05) is 0 Å². The Kier molecular flexibility index (Phi) is 3.14. The molecule has 20 heavy (non-hydrogen) atoms. The van der Waals surface area contributed by atoms with Crippen LogP contribution in [0.4, 0.5) is 13.2 Å². The van der Waals surface area contributed by atoms with Crippen molar-refractivity contribution in [1.29, 1.82) is 0 Å². The average molecular weight is 308 g/mol. The zero-order valence-electron chi connectivity index (χ0n) is 9.55. The number of halogens is 3. The van der Waals surface area contributed by atoms with Gasteiger partial charge >= 0.3 is 12.1 Å².